The van der Waals surface area contributed by atoms with Gasteiger partial charge >= 0.3 is 6.09 Å². The Labute approximate surface area is 136 Å². The molecule has 0 saturated carbocycles. The molecule has 0 spiro atoms. The van der Waals surface area contributed by atoms with Crippen molar-refractivity contribution in [3.05, 3.63) is 0 Å². The minimum atomic E-state index is -1.84. The molecular weight excluding hydrogens is 296 g/mol. The molecule has 22 heavy (non-hydrogen) atoms. The molecule has 5 nitrogen and oxygen atoms in total. The van der Waals surface area contributed by atoms with E-state index in [0.717, 1.165) is 6.42 Å². The molecule has 0 aromatic rings. The van der Waals surface area contributed by atoms with Crippen molar-refractivity contribution in [1.29, 1.82) is 0 Å². The van der Waals surface area contributed by atoms with E-state index in [1.54, 1.807) is 4.90 Å². The highest BCUT2D eigenvalue weighted by Crippen LogP contribution is 2.39. The number of carbonyl (C=O) groups excluding carboxylic acids is 1. The summed E-state index contributed by atoms with van der Waals surface area (Å²) in [4.78, 5) is 14.1. The number of ether oxygens (including phenoxy) is 1. The van der Waals surface area contributed by atoms with Crippen LogP contribution < -0.4 is 5.73 Å². The van der Waals surface area contributed by atoms with Crippen molar-refractivity contribution >= 4 is 14.4 Å². The highest BCUT2D eigenvalue weighted by atomic mass is 28.4. The quantitative estimate of drug-likeness (QED) is 0.806. The predicted molar refractivity (Wildman–Crippen MR) is 92.5 cm³/mol. The molecule has 0 radical (unpaired) electrons. The first-order valence-electron chi connectivity index (χ1n) is 8.14. The zero-order valence-electron chi connectivity index (χ0n) is 15.5. The molecule has 1 aliphatic heterocycles. The normalized spacial score (nSPS) is 23.8. The van der Waals surface area contributed by atoms with Crippen LogP contribution in [0, 0.1) is 0 Å². The lowest BCUT2D eigenvalue weighted by Crippen LogP contribution is -2.45. The third-order valence-electron chi connectivity index (χ3n) is 4.54. The second-order valence-electron chi connectivity index (χ2n) is 8.76. The summed E-state index contributed by atoms with van der Waals surface area (Å²) in [6.07, 6.45) is 0.564. The van der Waals surface area contributed by atoms with Gasteiger partial charge in [-0.1, -0.05) is 20.8 Å². The van der Waals surface area contributed by atoms with Gasteiger partial charge in [-0.25, -0.2) is 4.79 Å². The lowest BCUT2D eigenvalue weighted by atomic mass is 10.2. The molecule has 0 aromatic heterocycles. The van der Waals surface area contributed by atoms with Crippen LogP contribution >= 0.6 is 0 Å². The summed E-state index contributed by atoms with van der Waals surface area (Å²) in [6, 6.07) is 0.00428. The molecule has 2 N–H and O–H groups in total. The Balaban J connectivity index is 2.75. The van der Waals surface area contributed by atoms with Crippen LogP contribution in [0.1, 0.15) is 48.0 Å². The number of likely N-dealkylation sites (tertiary alicyclic amines) is 1. The van der Waals surface area contributed by atoms with E-state index >= 15 is 0 Å². The van der Waals surface area contributed by atoms with Gasteiger partial charge in [-0.15, -0.1) is 0 Å². The summed E-state index contributed by atoms with van der Waals surface area (Å²) in [5.41, 5.74) is 5.35. The van der Waals surface area contributed by atoms with Gasteiger partial charge in [0, 0.05) is 19.1 Å². The SMILES string of the molecule is CC(C)(C)OC(=O)N1C[C@@H](O[Si](C)(C)C(C)(C)C)C[C@@H]1CN. The number of nitrogens with two attached hydrogens (primary N) is 1. The summed E-state index contributed by atoms with van der Waals surface area (Å²) in [7, 11) is -1.84. The van der Waals surface area contributed by atoms with Crippen LogP contribution in [0.25, 0.3) is 0 Å². The van der Waals surface area contributed by atoms with Gasteiger partial charge in [0.15, 0.2) is 8.32 Å². The number of amides is 1. The van der Waals surface area contributed by atoms with Crippen LogP contribution in [-0.4, -0.2) is 50.1 Å². The molecule has 1 saturated heterocycles. The first-order chi connectivity index (χ1) is 9.77. The van der Waals surface area contributed by atoms with Crippen LogP contribution in [0.4, 0.5) is 4.79 Å². The van der Waals surface area contributed by atoms with E-state index in [1.807, 2.05) is 20.8 Å². The van der Waals surface area contributed by atoms with Crippen molar-refractivity contribution in [2.75, 3.05) is 13.1 Å². The first-order valence-corrected chi connectivity index (χ1v) is 11.0. The number of hydrogen-bond acceptors (Lipinski definition) is 4. The molecule has 0 aliphatic carbocycles. The molecule has 0 bridgehead atoms. The van der Waals surface area contributed by atoms with Crippen LogP contribution in [0.2, 0.25) is 18.1 Å². The van der Waals surface area contributed by atoms with Gasteiger partial charge in [-0.05, 0) is 45.3 Å². The van der Waals surface area contributed by atoms with E-state index in [4.69, 9.17) is 14.9 Å². The molecule has 2 atom stereocenters. The molecule has 1 rings (SSSR count). The van der Waals surface area contributed by atoms with Crippen molar-refractivity contribution in [3.8, 4) is 0 Å². The molecule has 6 heteroatoms. The smallest absolute Gasteiger partial charge is 0.410 e. The summed E-state index contributed by atoms with van der Waals surface area (Å²) >= 11 is 0. The lowest BCUT2D eigenvalue weighted by Gasteiger charge is -2.38. The summed E-state index contributed by atoms with van der Waals surface area (Å²) in [5, 5.41) is 0.157. The predicted octanol–water partition coefficient (Wildman–Crippen LogP) is 3.34. The summed E-state index contributed by atoms with van der Waals surface area (Å²) in [6.45, 7) is 17.8. The summed E-state index contributed by atoms with van der Waals surface area (Å²) in [5.74, 6) is 0. The molecule has 1 heterocycles. The van der Waals surface area contributed by atoms with Crippen molar-refractivity contribution in [3.63, 3.8) is 0 Å². The average Bonchev–Trinajstić information content (AvgIpc) is 2.67. The number of nitrogens with zero attached hydrogens (tertiary/aromatic N) is 1. The van der Waals surface area contributed by atoms with Crippen LogP contribution in [-0.2, 0) is 9.16 Å². The Morgan fingerprint density at radius 2 is 1.77 bits per heavy atom. The van der Waals surface area contributed by atoms with E-state index in [-0.39, 0.29) is 23.3 Å². The molecular formula is C16H34N2O3Si. The van der Waals surface area contributed by atoms with Crippen molar-refractivity contribution in [2.45, 2.75) is 83.8 Å². The second-order valence-corrected chi connectivity index (χ2v) is 13.5. The van der Waals surface area contributed by atoms with Gasteiger partial charge < -0.3 is 19.8 Å². The Hall–Kier alpha value is -0.593. The first kappa shape index (κ1) is 19.5. The van der Waals surface area contributed by atoms with Gasteiger partial charge in [0.05, 0.1) is 6.10 Å². The third-order valence-corrected chi connectivity index (χ3v) is 9.08. The summed E-state index contributed by atoms with van der Waals surface area (Å²) < 4.78 is 11.9. The largest absolute Gasteiger partial charge is 0.444 e. The standard InChI is InChI=1S/C16H34N2O3Si/c1-15(2,3)20-14(19)18-11-13(9-12(18)10-17)21-22(7,8)16(4,5)6/h12-13H,9-11,17H2,1-8H3/t12-,13+/m1/s1. The van der Waals surface area contributed by atoms with Crippen molar-refractivity contribution in [1.82, 2.24) is 4.90 Å². The molecule has 1 aliphatic rings. The van der Waals surface area contributed by atoms with E-state index in [0.29, 0.717) is 13.1 Å². The van der Waals surface area contributed by atoms with Gasteiger partial charge in [0.2, 0.25) is 0 Å². The Kier molecular flexibility index (Phi) is 5.74. The fourth-order valence-corrected chi connectivity index (χ4v) is 3.68. The van der Waals surface area contributed by atoms with Gasteiger partial charge in [-0.3, -0.25) is 0 Å². The van der Waals surface area contributed by atoms with Crippen molar-refractivity contribution in [2.24, 2.45) is 5.73 Å². The maximum absolute atomic E-state index is 12.3. The second kappa shape index (κ2) is 6.49. The van der Waals surface area contributed by atoms with E-state index in [9.17, 15) is 4.79 Å². The van der Waals surface area contributed by atoms with Gasteiger partial charge in [-0.2, -0.15) is 0 Å². The molecule has 1 fully saturated rings. The lowest BCUT2D eigenvalue weighted by molar-refractivity contribution is 0.0216. The highest BCUT2D eigenvalue weighted by Gasteiger charge is 2.44. The third kappa shape index (κ3) is 4.96. The Bertz CT molecular complexity index is 399. The van der Waals surface area contributed by atoms with E-state index in [1.165, 1.54) is 0 Å². The molecule has 0 unspecified atom stereocenters. The maximum Gasteiger partial charge on any atom is 0.410 e. The van der Waals surface area contributed by atoms with Crippen LogP contribution in [0.5, 0.6) is 0 Å². The highest BCUT2D eigenvalue weighted by molar-refractivity contribution is 6.74. The zero-order chi connectivity index (χ0) is 17.3. The fraction of sp³-hybridized carbons (Fsp3) is 0.938. The number of rotatable bonds is 3. The van der Waals surface area contributed by atoms with E-state index in [2.05, 4.69) is 33.9 Å². The van der Waals surface area contributed by atoms with Crippen LogP contribution in [0.15, 0.2) is 0 Å². The van der Waals surface area contributed by atoms with Crippen molar-refractivity contribution < 1.29 is 14.0 Å². The number of carbonyl (C=O) groups is 1. The number of hydrogen-bond donors (Lipinski definition) is 1. The van der Waals surface area contributed by atoms with Gasteiger partial charge in [0.25, 0.3) is 0 Å². The van der Waals surface area contributed by atoms with E-state index < -0.39 is 13.9 Å². The average molecular weight is 331 g/mol. The van der Waals surface area contributed by atoms with Crippen LogP contribution in [0.3, 0.4) is 0 Å². The molecule has 1 amide bonds. The maximum atomic E-state index is 12.3. The zero-order valence-corrected chi connectivity index (χ0v) is 16.5. The van der Waals surface area contributed by atoms with Gasteiger partial charge in [0.1, 0.15) is 5.60 Å². The molecule has 0 aromatic carbocycles. The topological polar surface area (TPSA) is 64.8 Å². The Morgan fingerprint density at radius 1 is 1.23 bits per heavy atom. The Morgan fingerprint density at radius 3 is 2.18 bits per heavy atom. The fourth-order valence-electron chi connectivity index (χ4n) is 2.32. The minimum Gasteiger partial charge on any atom is -0.444 e. The minimum absolute atomic E-state index is 0.00428. The molecule has 130 valence electrons. The monoisotopic (exact) mass is 330 g/mol.